The number of hydrogen-bond donors (Lipinski definition) is 2. The lowest BCUT2D eigenvalue weighted by atomic mass is 9.86. The summed E-state index contributed by atoms with van der Waals surface area (Å²) in [5.41, 5.74) is 4.25. The average Bonchev–Trinajstić information content (AvgIpc) is 3.31. The zero-order chi connectivity index (χ0) is 25.9. The summed E-state index contributed by atoms with van der Waals surface area (Å²) in [7, 11) is 1.59. The van der Waals surface area contributed by atoms with Gasteiger partial charge in [-0.2, -0.15) is 5.10 Å². The van der Waals surface area contributed by atoms with E-state index in [1.807, 2.05) is 41.1 Å². The van der Waals surface area contributed by atoms with Crippen LogP contribution in [0.4, 0.5) is 0 Å². The molecule has 2 N–H and O–H groups in total. The van der Waals surface area contributed by atoms with Gasteiger partial charge in [0.15, 0.2) is 0 Å². The maximum atomic E-state index is 13.3. The quantitative estimate of drug-likeness (QED) is 0.349. The van der Waals surface area contributed by atoms with Crippen molar-refractivity contribution in [1.82, 2.24) is 20.1 Å². The van der Waals surface area contributed by atoms with Crippen molar-refractivity contribution >= 4 is 34.4 Å². The number of fused-ring (bicyclic) bond motifs is 1. The third kappa shape index (κ3) is 5.44. The van der Waals surface area contributed by atoms with E-state index in [2.05, 4.69) is 15.4 Å². The highest BCUT2D eigenvalue weighted by atomic mass is 35.5. The van der Waals surface area contributed by atoms with Crippen molar-refractivity contribution in [1.29, 1.82) is 0 Å². The second-order valence-electron chi connectivity index (χ2n) is 9.34. The van der Waals surface area contributed by atoms with Crippen LogP contribution >= 0.6 is 11.6 Å². The van der Waals surface area contributed by atoms with Gasteiger partial charge in [-0.15, -0.1) is 0 Å². The standard InChI is InChI=1S/C28H27ClN4O4/c1-37-25-13-20(10-11-30-25)18-4-2-17(3-5-18)16-33-26-21(15-31-33)12-22(29)14-24(26)27(34)32-23-8-6-19(7-9-23)28(35)36/h2-5,10-15,19,23H,6-9,16H2,1H3,(H,32,34)(H,35,36). The Morgan fingerprint density at radius 1 is 1.08 bits per heavy atom. The van der Waals surface area contributed by atoms with Crippen LogP contribution in [-0.2, 0) is 11.3 Å². The molecule has 0 bridgehead atoms. The van der Waals surface area contributed by atoms with Gasteiger partial charge in [0.2, 0.25) is 5.88 Å². The first-order chi connectivity index (χ1) is 17.9. The number of carboxylic acid groups (broad SMARTS) is 1. The van der Waals surface area contributed by atoms with Crippen LogP contribution in [0.3, 0.4) is 0 Å². The summed E-state index contributed by atoms with van der Waals surface area (Å²) in [5.74, 6) is -0.766. The summed E-state index contributed by atoms with van der Waals surface area (Å²) in [6.07, 6.45) is 5.83. The van der Waals surface area contributed by atoms with E-state index < -0.39 is 5.97 Å². The molecular formula is C28H27ClN4O4. The van der Waals surface area contributed by atoms with E-state index in [9.17, 15) is 14.7 Å². The van der Waals surface area contributed by atoms with Crippen molar-refractivity contribution in [3.63, 3.8) is 0 Å². The fourth-order valence-corrected chi connectivity index (χ4v) is 5.14. The Bertz CT molecular complexity index is 1440. The number of carbonyl (C=O) groups is 2. The normalized spacial score (nSPS) is 17.5. The van der Waals surface area contributed by atoms with Crippen molar-refractivity contribution in [2.24, 2.45) is 5.92 Å². The second kappa shape index (κ2) is 10.6. The van der Waals surface area contributed by atoms with Crippen LogP contribution < -0.4 is 10.1 Å². The molecule has 2 heterocycles. The van der Waals surface area contributed by atoms with Crippen molar-refractivity contribution in [2.75, 3.05) is 7.11 Å². The number of hydrogen-bond acceptors (Lipinski definition) is 5. The summed E-state index contributed by atoms with van der Waals surface area (Å²) in [5, 5.41) is 18.1. The van der Waals surface area contributed by atoms with Crippen LogP contribution in [0.15, 0.2) is 60.9 Å². The first kappa shape index (κ1) is 24.8. The molecule has 1 aliphatic carbocycles. The average molecular weight is 519 g/mol. The molecule has 0 aliphatic heterocycles. The van der Waals surface area contributed by atoms with E-state index in [4.69, 9.17) is 16.3 Å². The largest absolute Gasteiger partial charge is 0.481 e. The van der Waals surface area contributed by atoms with Crippen LogP contribution in [0.1, 0.15) is 41.6 Å². The van der Waals surface area contributed by atoms with Gasteiger partial charge in [-0.1, -0.05) is 35.9 Å². The molecule has 2 aromatic carbocycles. The van der Waals surface area contributed by atoms with Crippen molar-refractivity contribution in [2.45, 2.75) is 38.3 Å². The van der Waals surface area contributed by atoms with Crippen molar-refractivity contribution < 1.29 is 19.4 Å². The van der Waals surface area contributed by atoms with Gasteiger partial charge in [0, 0.05) is 28.7 Å². The fraction of sp³-hybridized carbons (Fsp3) is 0.286. The highest BCUT2D eigenvalue weighted by Gasteiger charge is 2.27. The maximum absolute atomic E-state index is 13.3. The Morgan fingerprint density at radius 2 is 1.84 bits per heavy atom. The van der Waals surface area contributed by atoms with Crippen LogP contribution in [0, 0.1) is 5.92 Å². The number of amides is 1. The van der Waals surface area contributed by atoms with E-state index in [1.54, 1.807) is 31.6 Å². The SMILES string of the molecule is COc1cc(-c2ccc(Cn3ncc4cc(Cl)cc(C(=O)NC5CCC(C(=O)O)CC5)c43)cc2)ccn1. The Morgan fingerprint density at radius 3 is 2.54 bits per heavy atom. The van der Waals surface area contributed by atoms with E-state index in [-0.39, 0.29) is 17.9 Å². The molecule has 1 saturated carbocycles. The maximum Gasteiger partial charge on any atom is 0.306 e. The van der Waals surface area contributed by atoms with E-state index in [0.29, 0.717) is 54.2 Å². The molecule has 2 aromatic heterocycles. The lowest BCUT2D eigenvalue weighted by Crippen LogP contribution is -2.38. The smallest absolute Gasteiger partial charge is 0.306 e. The topological polar surface area (TPSA) is 106 Å². The zero-order valence-corrected chi connectivity index (χ0v) is 21.1. The Kier molecular flexibility index (Phi) is 7.10. The van der Waals surface area contributed by atoms with Gasteiger partial charge in [0.1, 0.15) is 0 Å². The van der Waals surface area contributed by atoms with Crippen molar-refractivity contribution in [3.05, 3.63) is 77.1 Å². The minimum absolute atomic E-state index is 0.0622. The fourth-order valence-electron chi connectivity index (χ4n) is 4.91. The third-order valence-electron chi connectivity index (χ3n) is 6.92. The lowest BCUT2D eigenvalue weighted by molar-refractivity contribution is -0.142. The molecule has 0 atom stereocenters. The molecule has 0 unspecified atom stereocenters. The van der Waals surface area contributed by atoms with Gasteiger partial charge < -0.3 is 15.2 Å². The molecule has 1 fully saturated rings. The molecule has 1 aliphatic rings. The Labute approximate surface area is 219 Å². The summed E-state index contributed by atoms with van der Waals surface area (Å²) in [6.45, 7) is 0.481. The summed E-state index contributed by atoms with van der Waals surface area (Å²) >= 11 is 6.34. The number of aromatic nitrogens is 3. The van der Waals surface area contributed by atoms with Gasteiger partial charge in [-0.3, -0.25) is 14.3 Å². The predicted octanol–water partition coefficient (Wildman–Crippen LogP) is 5.18. The predicted molar refractivity (Wildman–Crippen MR) is 141 cm³/mol. The monoisotopic (exact) mass is 518 g/mol. The molecule has 5 rings (SSSR count). The molecule has 190 valence electrons. The molecule has 4 aromatic rings. The van der Waals surface area contributed by atoms with Gasteiger partial charge in [0.05, 0.1) is 36.8 Å². The number of halogens is 1. The second-order valence-corrected chi connectivity index (χ2v) is 9.77. The number of aliphatic carboxylic acids is 1. The molecule has 37 heavy (non-hydrogen) atoms. The number of methoxy groups -OCH3 is 1. The highest BCUT2D eigenvalue weighted by Crippen LogP contribution is 2.28. The minimum atomic E-state index is -0.765. The molecule has 0 saturated heterocycles. The first-order valence-corrected chi connectivity index (χ1v) is 12.6. The van der Waals surface area contributed by atoms with Gasteiger partial charge in [-0.25, -0.2) is 4.98 Å². The summed E-state index contributed by atoms with van der Waals surface area (Å²) in [6, 6.07) is 15.4. The van der Waals surface area contributed by atoms with Crippen LogP contribution in [-0.4, -0.2) is 44.9 Å². The number of nitrogens with one attached hydrogen (secondary N) is 1. The van der Waals surface area contributed by atoms with Crippen LogP contribution in [0.5, 0.6) is 5.88 Å². The highest BCUT2D eigenvalue weighted by molar-refractivity contribution is 6.32. The molecular weight excluding hydrogens is 492 g/mol. The molecule has 9 heteroatoms. The lowest BCUT2D eigenvalue weighted by Gasteiger charge is -2.27. The van der Waals surface area contributed by atoms with Crippen LogP contribution in [0.25, 0.3) is 22.0 Å². The number of ether oxygens (including phenoxy) is 1. The van der Waals surface area contributed by atoms with Gasteiger partial charge in [0.25, 0.3) is 5.91 Å². The van der Waals surface area contributed by atoms with E-state index >= 15 is 0 Å². The number of nitrogens with zero attached hydrogens (tertiary/aromatic N) is 3. The number of benzene rings is 2. The summed E-state index contributed by atoms with van der Waals surface area (Å²) < 4.78 is 7.04. The van der Waals surface area contributed by atoms with Crippen LogP contribution in [0.2, 0.25) is 5.02 Å². The van der Waals surface area contributed by atoms with E-state index in [0.717, 1.165) is 22.1 Å². The first-order valence-electron chi connectivity index (χ1n) is 12.2. The minimum Gasteiger partial charge on any atom is -0.481 e. The number of pyridine rings is 1. The molecule has 0 radical (unpaired) electrons. The molecule has 8 nitrogen and oxygen atoms in total. The number of carboxylic acids is 1. The molecule has 0 spiro atoms. The number of carbonyl (C=O) groups excluding carboxylic acids is 1. The van der Waals surface area contributed by atoms with Crippen molar-refractivity contribution in [3.8, 4) is 17.0 Å². The summed E-state index contributed by atoms with van der Waals surface area (Å²) in [4.78, 5) is 28.7. The molecule has 1 amide bonds. The Hall–Kier alpha value is -3.91. The Balaban J connectivity index is 1.36. The van der Waals surface area contributed by atoms with Gasteiger partial charge >= 0.3 is 5.97 Å². The van der Waals surface area contributed by atoms with E-state index in [1.165, 1.54) is 0 Å². The number of rotatable bonds is 7. The van der Waals surface area contributed by atoms with Gasteiger partial charge in [-0.05, 0) is 60.6 Å². The zero-order valence-electron chi connectivity index (χ0n) is 20.4. The third-order valence-corrected chi connectivity index (χ3v) is 7.14.